The van der Waals surface area contributed by atoms with Gasteiger partial charge in [-0.15, -0.1) is 24.2 Å². The van der Waals surface area contributed by atoms with Gasteiger partial charge in [0.1, 0.15) is 11.8 Å². The van der Waals surface area contributed by atoms with Gasteiger partial charge < -0.3 is 15.0 Å². The van der Waals surface area contributed by atoms with Gasteiger partial charge in [-0.05, 0) is 18.6 Å². The zero-order chi connectivity index (χ0) is 15.5. The van der Waals surface area contributed by atoms with Crippen molar-refractivity contribution in [2.75, 3.05) is 30.2 Å². The Kier molecular flexibility index (Phi) is 6.15. The van der Waals surface area contributed by atoms with Crippen molar-refractivity contribution >= 4 is 41.7 Å². The third-order valence-electron chi connectivity index (χ3n) is 3.93. The summed E-state index contributed by atoms with van der Waals surface area (Å²) < 4.78 is 5.31. The molecule has 0 saturated carbocycles. The van der Waals surface area contributed by atoms with E-state index in [2.05, 4.69) is 10.6 Å². The zero-order valence-corrected chi connectivity index (χ0v) is 14.4. The molecule has 126 valence electrons. The molecule has 2 amide bonds. The van der Waals surface area contributed by atoms with Gasteiger partial charge >= 0.3 is 0 Å². The molecule has 2 unspecified atom stereocenters. The predicted octanol–water partition coefficient (Wildman–Crippen LogP) is 1.00. The van der Waals surface area contributed by atoms with Gasteiger partial charge in [0.25, 0.3) is 0 Å². The SMILES string of the molecule is COc1ccccc1N1CCC(NC(=O)C2CSCN2)C1=O.Cl. The second-order valence-corrected chi connectivity index (χ2v) is 6.31. The van der Waals surface area contributed by atoms with Crippen LogP contribution in [0.3, 0.4) is 0 Å². The Hall–Kier alpha value is -1.44. The summed E-state index contributed by atoms with van der Waals surface area (Å²) in [5, 5.41) is 5.97. The summed E-state index contributed by atoms with van der Waals surface area (Å²) in [5.41, 5.74) is 0.751. The molecule has 6 nitrogen and oxygen atoms in total. The first-order valence-corrected chi connectivity index (χ1v) is 8.42. The standard InChI is InChI=1S/C15H19N3O3S.ClH/c1-21-13-5-3-2-4-12(13)18-7-6-10(15(18)20)17-14(19)11-8-22-9-16-11;/h2-5,10-11,16H,6-9H2,1H3,(H,17,19);1H. The molecular formula is C15H20ClN3O3S. The van der Waals surface area contributed by atoms with Crippen molar-refractivity contribution in [2.45, 2.75) is 18.5 Å². The Labute approximate surface area is 145 Å². The fraction of sp³-hybridized carbons (Fsp3) is 0.467. The predicted molar refractivity (Wildman–Crippen MR) is 93.4 cm³/mol. The van der Waals surface area contributed by atoms with E-state index in [0.29, 0.717) is 18.7 Å². The molecule has 0 radical (unpaired) electrons. The number of carbonyl (C=O) groups excluding carboxylic acids is 2. The summed E-state index contributed by atoms with van der Waals surface area (Å²) >= 11 is 1.69. The van der Waals surface area contributed by atoms with Crippen LogP contribution in [0.2, 0.25) is 0 Å². The number of rotatable bonds is 4. The number of halogens is 1. The summed E-state index contributed by atoms with van der Waals surface area (Å²) in [6.07, 6.45) is 0.614. The van der Waals surface area contributed by atoms with Crippen LogP contribution in [0.5, 0.6) is 5.75 Å². The van der Waals surface area contributed by atoms with E-state index in [9.17, 15) is 9.59 Å². The Bertz CT molecular complexity index is 581. The van der Waals surface area contributed by atoms with Crippen molar-refractivity contribution in [3.05, 3.63) is 24.3 Å². The molecule has 0 aromatic heterocycles. The van der Waals surface area contributed by atoms with Gasteiger partial charge in [-0.25, -0.2) is 0 Å². The van der Waals surface area contributed by atoms with Gasteiger partial charge in [-0.3, -0.25) is 14.9 Å². The molecule has 2 heterocycles. The number of amides is 2. The van der Waals surface area contributed by atoms with E-state index in [0.717, 1.165) is 17.3 Å². The molecule has 2 atom stereocenters. The van der Waals surface area contributed by atoms with Crippen molar-refractivity contribution < 1.29 is 14.3 Å². The van der Waals surface area contributed by atoms with E-state index in [1.165, 1.54) is 0 Å². The van der Waals surface area contributed by atoms with Crippen LogP contribution >= 0.6 is 24.2 Å². The smallest absolute Gasteiger partial charge is 0.249 e. The average Bonchev–Trinajstić information content (AvgIpc) is 3.18. The van der Waals surface area contributed by atoms with Crippen LogP contribution in [0.25, 0.3) is 0 Å². The second-order valence-electron chi connectivity index (χ2n) is 5.28. The number of para-hydroxylation sites is 2. The number of nitrogens with zero attached hydrogens (tertiary/aromatic N) is 1. The third kappa shape index (κ3) is 3.73. The lowest BCUT2D eigenvalue weighted by molar-refractivity contribution is -0.127. The number of anilines is 1. The number of thioether (sulfide) groups is 1. The first kappa shape index (κ1) is 17.9. The maximum Gasteiger partial charge on any atom is 0.249 e. The lowest BCUT2D eigenvalue weighted by atomic mass is 10.2. The summed E-state index contributed by atoms with van der Waals surface area (Å²) in [7, 11) is 1.59. The normalized spacial score (nSPS) is 23.5. The maximum absolute atomic E-state index is 12.6. The van der Waals surface area contributed by atoms with Gasteiger partial charge in [-0.2, -0.15) is 0 Å². The molecule has 2 aliphatic heterocycles. The van der Waals surface area contributed by atoms with Crippen LogP contribution in [-0.4, -0.2) is 49.2 Å². The van der Waals surface area contributed by atoms with Crippen molar-refractivity contribution in [3.63, 3.8) is 0 Å². The highest BCUT2D eigenvalue weighted by Gasteiger charge is 2.36. The number of hydrogen-bond acceptors (Lipinski definition) is 5. The molecule has 0 aliphatic carbocycles. The fourth-order valence-corrected chi connectivity index (χ4v) is 3.68. The zero-order valence-electron chi connectivity index (χ0n) is 12.8. The van der Waals surface area contributed by atoms with Crippen LogP contribution < -0.4 is 20.3 Å². The average molecular weight is 358 g/mol. The maximum atomic E-state index is 12.6. The van der Waals surface area contributed by atoms with Crippen molar-refractivity contribution in [2.24, 2.45) is 0 Å². The topological polar surface area (TPSA) is 70.7 Å². The van der Waals surface area contributed by atoms with Gasteiger partial charge in [0, 0.05) is 18.2 Å². The molecule has 2 N–H and O–H groups in total. The lowest BCUT2D eigenvalue weighted by Gasteiger charge is -2.20. The Morgan fingerprint density at radius 3 is 2.91 bits per heavy atom. The van der Waals surface area contributed by atoms with Crippen LogP contribution in [0.1, 0.15) is 6.42 Å². The molecule has 2 aliphatic rings. The number of hydrogen-bond donors (Lipinski definition) is 2. The molecule has 3 rings (SSSR count). The molecule has 8 heteroatoms. The highest BCUT2D eigenvalue weighted by molar-refractivity contribution is 7.99. The molecule has 0 bridgehead atoms. The largest absolute Gasteiger partial charge is 0.495 e. The summed E-state index contributed by atoms with van der Waals surface area (Å²) in [6, 6.07) is 6.77. The van der Waals surface area contributed by atoms with Crippen LogP contribution in [0.15, 0.2) is 24.3 Å². The molecule has 1 aromatic rings. The highest BCUT2D eigenvalue weighted by Crippen LogP contribution is 2.31. The molecule has 2 fully saturated rings. The third-order valence-corrected chi connectivity index (χ3v) is 4.87. The van der Waals surface area contributed by atoms with Crippen molar-refractivity contribution in [3.8, 4) is 5.75 Å². The van der Waals surface area contributed by atoms with E-state index < -0.39 is 6.04 Å². The minimum atomic E-state index is -0.454. The molecular weight excluding hydrogens is 338 g/mol. The minimum Gasteiger partial charge on any atom is -0.495 e. The number of benzene rings is 1. The number of ether oxygens (including phenoxy) is 1. The van der Waals surface area contributed by atoms with E-state index in [1.807, 2.05) is 24.3 Å². The van der Waals surface area contributed by atoms with Gasteiger partial charge in [0.15, 0.2) is 0 Å². The quantitative estimate of drug-likeness (QED) is 0.841. The van der Waals surface area contributed by atoms with Gasteiger partial charge in [0.2, 0.25) is 11.8 Å². The first-order valence-electron chi connectivity index (χ1n) is 7.26. The Balaban J connectivity index is 0.00000192. The van der Waals surface area contributed by atoms with Crippen molar-refractivity contribution in [1.29, 1.82) is 0 Å². The fourth-order valence-electron chi connectivity index (χ4n) is 2.74. The second kappa shape index (κ2) is 7.90. The molecule has 1 aromatic carbocycles. The van der Waals surface area contributed by atoms with E-state index >= 15 is 0 Å². The minimum absolute atomic E-state index is 0. The molecule has 0 spiro atoms. The summed E-state index contributed by atoms with van der Waals surface area (Å²) in [4.78, 5) is 26.4. The highest BCUT2D eigenvalue weighted by atomic mass is 35.5. The Morgan fingerprint density at radius 1 is 1.43 bits per heavy atom. The van der Waals surface area contributed by atoms with Gasteiger partial charge in [-0.1, -0.05) is 12.1 Å². The Morgan fingerprint density at radius 2 is 2.22 bits per heavy atom. The lowest BCUT2D eigenvalue weighted by Crippen LogP contribution is -2.49. The van der Waals surface area contributed by atoms with Crippen LogP contribution in [0, 0.1) is 0 Å². The monoisotopic (exact) mass is 357 g/mol. The van der Waals surface area contributed by atoms with E-state index in [1.54, 1.807) is 23.8 Å². The van der Waals surface area contributed by atoms with Crippen LogP contribution in [-0.2, 0) is 9.59 Å². The van der Waals surface area contributed by atoms with E-state index in [-0.39, 0.29) is 30.3 Å². The number of carbonyl (C=O) groups is 2. The van der Waals surface area contributed by atoms with E-state index in [4.69, 9.17) is 4.74 Å². The summed E-state index contributed by atoms with van der Waals surface area (Å²) in [5.74, 6) is 2.03. The molecule has 23 heavy (non-hydrogen) atoms. The summed E-state index contributed by atoms with van der Waals surface area (Å²) in [6.45, 7) is 0.580. The van der Waals surface area contributed by atoms with Crippen LogP contribution in [0.4, 0.5) is 5.69 Å². The van der Waals surface area contributed by atoms with Gasteiger partial charge in [0.05, 0.1) is 18.8 Å². The van der Waals surface area contributed by atoms with Crippen molar-refractivity contribution in [1.82, 2.24) is 10.6 Å². The number of methoxy groups -OCH3 is 1. The first-order chi connectivity index (χ1) is 10.7. The number of nitrogens with one attached hydrogen (secondary N) is 2. The molecule has 2 saturated heterocycles.